The van der Waals surface area contributed by atoms with Gasteiger partial charge in [-0.25, -0.2) is 0 Å². The van der Waals surface area contributed by atoms with Gasteiger partial charge in [-0.1, -0.05) is 28.0 Å². The minimum absolute atomic E-state index is 0.395. The van der Waals surface area contributed by atoms with Gasteiger partial charge < -0.3 is 9.73 Å². The largest absolute Gasteiger partial charge is 0.408 e. The molecule has 0 radical (unpaired) electrons. The molecule has 18 heavy (non-hydrogen) atoms. The van der Waals surface area contributed by atoms with Crippen LogP contribution in [0.2, 0.25) is 0 Å². The third-order valence-corrected chi connectivity index (χ3v) is 3.15. The molecule has 0 unspecified atom stereocenters. The molecule has 0 bridgehead atoms. The molecule has 0 atom stereocenters. The molecule has 96 valence electrons. The highest BCUT2D eigenvalue weighted by atomic mass is 79.9. The summed E-state index contributed by atoms with van der Waals surface area (Å²) in [5.74, 6) is 1.02. The molecule has 0 amide bonds. The Morgan fingerprint density at radius 3 is 2.94 bits per heavy atom. The Labute approximate surface area is 119 Å². The fourth-order valence-corrected chi connectivity index (χ4v) is 2.15. The number of nitrogens with zero attached hydrogens (tertiary/aromatic N) is 2. The van der Waals surface area contributed by atoms with E-state index in [0.29, 0.717) is 24.2 Å². The summed E-state index contributed by atoms with van der Waals surface area (Å²) in [5, 5.41) is 11.0. The van der Waals surface area contributed by atoms with E-state index in [-0.39, 0.29) is 0 Å². The van der Waals surface area contributed by atoms with Crippen molar-refractivity contribution in [1.82, 2.24) is 10.2 Å². The second-order valence-corrected chi connectivity index (χ2v) is 5.01. The molecular formula is C12H13BrClN3O. The van der Waals surface area contributed by atoms with Crippen LogP contribution < -0.4 is 5.32 Å². The van der Waals surface area contributed by atoms with E-state index in [1.54, 1.807) is 0 Å². The number of anilines is 2. The van der Waals surface area contributed by atoms with Crippen molar-refractivity contribution in [2.24, 2.45) is 0 Å². The number of hydrogen-bond donors (Lipinski definition) is 1. The zero-order valence-electron chi connectivity index (χ0n) is 9.91. The van der Waals surface area contributed by atoms with Gasteiger partial charge in [-0.3, -0.25) is 0 Å². The van der Waals surface area contributed by atoms with Crippen LogP contribution in [0, 0.1) is 0 Å². The molecule has 0 aliphatic heterocycles. The van der Waals surface area contributed by atoms with E-state index in [0.717, 1.165) is 16.6 Å². The molecule has 1 heterocycles. The van der Waals surface area contributed by atoms with E-state index < -0.39 is 0 Å². The Bertz CT molecular complexity index is 530. The Morgan fingerprint density at radius 1 is 1.39 bits per heavy atom. The summed E-state index contributed by atoms with van der Waals surface area (Å²) in [7, 11) is 0. The maximum atomic E-state index is 5.62. The minimum Gasteiger partial charge on any atom is -0.408 e. The summed E-state index contributed by atoms with van der Waals surface area (Å²) in [4.78, 5) is 0. The number of alkyl halides is 1. The van der Waals surface area contributed by atoms with Gasteiger partial charge in [0.2, 0.25) is 5.89 Å². The van der Waals surface area contributed by atoms with Crippen LogP contribution >= 0.6 is 27.5 Å². The molecule has 1 N–H and O–H groups in total. The average molecular weight is 331 g/mol. The molecule has 1 aromatic heterocycles. The quantitative estimate of drug-likeness (QED) is 0.844. The van der Waals surface area contributed by atoms with Crippen molar-refractivity contribution in [3.05, 3.63) is 34.1 Å². The maximum Gasteiger partial charge on any atom is 0.320 e. The van der Waals surface area contributed by atoms with Crippen molar-refractivity contribution in [3.8, 4) is 0 Å². The van der Waals surface area contributed by atoms with Crippen LogP contribution in [0.5, 0.6) is 0 Å². The second kappa shape index (κ2) is 6.20. The van der Waals surface area contributed by atoms with Crippen molar-refractivity contribution >= 4 is 39.2 Å². The third kappa shape index (κ3) is 3.23. The van der Waals surface area contributed by atoms with Gasteiger partial charge >= 0.3 is 6.01 Å². The van der Waals surface area contributed by atoms with Crippen molar-refractivity contribution in [2.45, 2.75) is 19.8 Å². The van der Waals surface area contributed by atoms with Crippen LogP contribution in [-0.4, -0.2) is 16.1 Å². The molecule has 0 aliphatic rings. The maximum absolute atomic E-state index is 5.62. The van der Waals surface area contributed by atoms with Gasteiger partial charge in [0.25, 0.3) is 0 Å². The average Bonchev–Trinajstić information content (AvgIpc) is 2.79. The Balaban J connectivity index is 2.17. The van der Waals surface area contributed by atoms with E-state index in [1.165, 1.54) is 5.56 Å². The van der Waals surface area contributed by atoms with Gasteiger partial charge in [0.1, 0.15) is 0 Å². The molecule has 0 spiro atoms. The summed E-state index contributed by atoms with van der Waals surface area (Å²) in [6, 6.07) is 6.41. The topological polar surface area (TPSA) is 51.0 Å². The van der Waals surface area contributed by atoms with Gasteiger partial charge in [-0.2, -0.15) is 0 Å². The van der Waals surface area contributed by atoms with Crippen LogP contribution in [0.3, 0.4) is 0 Å². The lowest BCUT2D eigenvalue weighted by Crippen LogP contribution is -1.95. The summed E-state index contributed by atoms with van der Waals surface area (Å²) >= 11 is 9.07. The predicted octanol–water partition coefficient (Wildman–Crippen LogP) is 3.92. The molecule has 0 saturated carbocycles. The number of hydrogen-bond acceptors (Lipinski definition) is 4. The zero-order chi connectivity index (χ0) is 13.0. The van der Waals surface area contributed by atoms with Gasteiger partial charge in [0, 0.05) is 22.5 Å². The fraction of sp³-hybridized carbons (Fsp3) is 0.333. The SMILES string of the molecule is CCc1cc(Br)ccc1Nc1nnc(CCCl)o1. The predicted molar refractivity (Wildman–Crippen MR) is 75.5 cm³/mol. The third-order valence-electron chi connectivity index (χ3n) is 2.46. The summed E-state index contributed by atoms with van der Waals surface area (Å²) < 4.78 is 6.48. The van der Waals surface area contributed by atoms with Crippen LogP contribution in [-0.2, 0) is 12.8 Å². The van der Waals surface area contributed by atoms with Crippen LogP contribution in [0.25, 0.3) is 0 Å². The highest BCUT2D eigenvalue weighted by Gasteiger charge is 2.08. The Kier molecular flexibility index (Phi) is 4.60. The van der Waals surface area contributed by atoms with Crippen molar-refractivity contribution < 1.29 is 4.42 Å². The van der Waals surface area contributed by atoms with E-state index in [1.807, 2.05) is 12.1 Å². The molecule has 6 heteroatoms. The van der Waals surface area contributed by atoms with Crippen LogP contribution in [0.15, 0.2) is 27.1 Å². The van der Waals surface area contributed by atoms with Gasteiger partial charge in [-0.05, 0) is 30.2 Å². The fourth-order valence-electron chi connectivity index (χ4n) is 1.58. The van der Waals surface area contributed by atoms with Crippen molar-refractivity contribution in [1.29, 1.82) is 0 Å². The summed E-state index contributed by atoms with van der Waals surface area (Å²) in [6.45, 7) is 2.10. The zero-order valence-corrected chi connectivity index (χ0v) is 12.3. The molecule has 4 nitrogen and oxygen atoms in total. The molecule has 0 saturated heterocycles. The summed E-state index contributed by atoms with van der Waals surface area (Å²) in [5.41, 5.74) is 2.16. The number of aromatic nitrogens is 2. The lowest BCUT2D eigenvalue weighted by Gasteiger charge is -2.07. The number of nitrogens with one attached hydrogen (secondary N) is 1. The van der Waals surface area contributed by atoms with E-state index in [2.05, 4.69) is 44.4 Å². The molecule has 1 aromatic carbocycles. The first-order valence-corrected chi connectivity index (χ1v) is 6.99. The second-order valence-electron chi connectivity index (χ2n) is 3.72. The van der Waals surface area contributed by atoms with Gasteiger partial charge in [0.05, 0.1) is 0 Å². The van der Waals surface area contributed by atoms with Gasteiger partial charge in [0.15, 0.2) is 0 Å². The molecule has 0 aliphatic carbocycles. The highest BCUT2D eigenvalue weighted by Crippen LogP contribution is 2.24. The first-order valence-electron chi connectivity index (χ1n) is 5.66. The summed E-state index contributed by atoms with van der Waals surface area (Å²) in [6.07, 6.45) is 1.50. The number of benzene rings is 1. The molecule has 2 rings (SSSR count). The van der Waals surface area contributed by atoms with E-state index >= 15 is 0 Å². The normalized spacial score (nSPS) is 10.6. The van der Waals surface area contributed by atoms with Crippen LogP contribution in [0.1, 0.15) is 18.4 Å². The van der Waals surface area contributed by atoms with Crippen molar-refractivity contribution in [3.63, 3.8) is 0 Å². The Hall–Kier alpha value is -1.07. The lowest BCUT2D eigenvalue weighted by atomic mass is 10.1. The first kappa shape index (κ1) is 13.4. The molecule has 2 aromatic rings. The van der Waals surface area contributed by atoms with E-state index in [4.69, 9.17) is 16.0 Å². The minimum atomic E-state index is 0.395. The monoisotopic (exact) mass is 329 g/mol. The van der Waals surface area contributed by atoms with Crippen LogP contribution in [0.4, 0.5) is 11.7 Å². The standard InChI is InChI=1S/C12H13BrClN3O/c1-2-8-7-9(13)3-4-10(8)15-12-17-16-11(18-12)5-6-14/h3-4,7H,2,5-6H2,1H3,(H,15,17). The van der Waals surface area contributed by atoms with E-state index in [9.17, 15) is 0 Å². The molecular weight excluding hydrogens is 318 g/mol. The van der Waals surface area contributed by atoms with Gasteiger partial charge in [-0.15, -0.1) is 16.7 Å². The first-order chi connectivity index (χ1) is 8.72. The lowest BCUT2D eigenvalue weighted by molar-refractivity contribution is 0.516. The number of rotatable bonds is 5. The highest BCUT2D eigenvalue weighted by molar-refractivity contribution is 9.10. The van der Waals surface area contributed by atoms with Crippen molar-refractivity contribution in [2.75, 3.05) is 11.2 Å². The number of halogens is 2. The number of aryl methyl sites for hydroxylation is 2. The smallest absolute Gasteiger partial charge is 0.320 e. The Morgan fingerprint density at radius 2 is 2.22 bits per heavy atom. The molecule has 0 fully saturated rings.